The lowest BCUT2D eigenvalue weighted by Crippen LogP contribution is -2.42. The van der Waals surface area contributed by atoms with Crippen molar-refractivity contribution in [1.29, 1.82) is 5.26 Å². The fourth-order valence-corrected chi connectivity index (χ4v) is 3.51. The Bertz CT molecular complexity index is 359. The third-order valence-corrected chi connectivity index (χ3v) is 4.96. The third-order valence-electron chi connectivity index (χ3n) is 4.96. The lowest BCUT2D eigenvalue weighted by atomic mass is 9.79. The minimum Gasteiger partial charge on any atom is -0.354 e. The molecule has 2 fully saturated rings. The van der Waals surface area contributed by atoms with Crippen molar-refractivity contribution in [2.75, 3.05) is 6.54 Å². The summed E-state index contributed by atoms with van der Waals surface area (Å²) in [6.07, 6.45) is 8.48. The van der Waals surface area contributed by atoms with Gasteiger partial charge in [-0.05, 0) is 56.3 Å². The maximum atomic E-state index is 12.5. The second-order valence-electron chi connectivity index (χ2n) is 6.74. The van der Waals surface area contributed by atoms with Gasteiger partial charge in [0.2, 0.25) is 5.91 Å². The first-order valence-electron chi connectivity index (χ1n) is 8.36. The second-order valence-corrected chi connectivity index (χ2v) is 6.74. The van der Waals surface area contributed by atoms with Crippen LogP contribution in [0.25, 0.3) is 0 Å². The average Bonchev–Trinajstić information content (AvgIpc) is 3.30. The van der Waals surface area contributed by atoms with Crippen molar-refractivity contribution in [1.82, 2.24) is 5.32 Å². The van der Waals surface area contributed by atoms with Gasteiger partial charge in [-0.25, -0.2) is 0 Å². The van der Waals surface area contributed by atoms with Gasteiger partial charge in [0.1, 0.15) is 5.41 Å². The van der Waals surface area contributed by atoms with E-state index in [1.54, 1.807) is 0 Å². The van der Waals surface area contributed by atoms with Crippen molar-refractivity contribution >= 4 is 5.91 Å². The van der Waals surface area contributed by atoms with Crippen LogP contribution in [0.2, 0.25) is 0 Å². The van der Waals surface area contributed by atoms with Crippen LogP contribution in [0.1, 0.15) is 65.2 Å². The van der Waals surface area contributed by atoms with Crippen LogP contribution >= 0.6 is 0 Å². The van der Waals surface area contributed by atoms with Crippen LogP contribution in [0.3, 0.4) is 0 Å². The zero-order valence-corrected chi connectivity index (χ0v) is 13.0. The summed E-state index contributed by atoms with van der Waals surface area (Å²) in [5.41, 5.74) is -0.791. The monoisotopic (exact) mass is 276 g/mol. The number of carbonyl (C=O) groups excluding carboxylic acids is 1. The number of hydrogen-bond donors (Lipinski definition) is 1. The van der Waals surface area contributed by atoms with Gasteiger partial charge in [-0.2, -0.15) is 5.26 Å². The van der Waals surface area contributed by atoms with Crippen LogP contribution in [0.5, 0.6) is 0 Å². The highest BCUT2D eigenvalue weighted by Crippen LogP contribution is 2.48. The lowest BCUT2D eigenvalue weighted by Gasteiger charge is -2.26. The largest absolute Gasteiger partial charge is 0.354 e. The smallest absolute Gasteiger partial charge is 0.240 e. The minimum absolute atomic E-state index is 0.0185. The van der Waals surface area contributed by atoms with Crippen molar-refractivity contribution in [3.63, 3.8) is 0 Å². The van der Waals surface area contributed by atoms with E-state index in [9.17, 15) is 10.1 Å². The normalized spacial score (nSPS) is 18.9. The predicted molar refractivity (Wildman–Crippen MR) is 79.8 cm³/mol. The summed E-state index contributed by atoms with van der Waals surface area (Å²) in [6.45, 7) is 4.89. The van der Waals surface area contributed by atoms with Crippen LogP contribution < -0.4 is 5.32 Å². The molecule has 1 N–H and O–H groups in total. The Morgan fingerprint density at radius 1 is 1.20 bits per heavy atom. The molecule has 3 heteroatoms. The quantitative estimate of drug-likeness (QED) is 0.699. The molecule has 0 radical (unpaired) electrons. The number of nitriles is 1. The Morgan fingerprint density at radius 2 is 1.70 bits per heavy atom. The molecule has 0 atom stereocenters. The van der Waals surface area contributed by atoms with Gasteiger partial charge in [-0.1, -0.05) is 26.7 Å². The Morgan fingerprint density at radius 3 is 2.05 bits per heavy atom. The molecule has 0 aliphatic heterocycles. The molecule has 1 amide bonds. The predicted octanol–water partition coefficient (Wildman–Crippen LogP) is 3.65. The molecular formula is C17H28N2O. The zero-order chi connectivity index (χ0) is 14.6. The molecule has 0 bridgehead atoms. The Labute approximate surface area is 123 Å². The Balaban J connectivity index is 1.91. The van der Waals surface area contributed by atoms with Gasteiger partial charge in [0.05, 0.1) is 6.07 Å². The van der Waals surface area contributed by atoms with Gasteiger partial charge < -0.3 is 5.32 Å². The van der Waals surface area contributed by atoms with Gasteiger partial charge in [-0.15, -0.1) is 0 Å². The van der Waals surface area contributed by atoms with E-state index in [2.05, 4.69) is 11.4 Å². The van der Waals surface area contributed by atoms with Crippen molar-refractivity contribution in [2.45, 2.75) is 65.2 Å². The molecular weight excluding hydrogens is 248 g/mol. The van der Waals surface area contributed by atoms with Crippen molar-refractivity contribution in [2.24, 2.45) is 23.2 Å². The average molecular weight is 276 g/mol. The van der Waals surface area contributed by atoms with Crippen molar-refractivity contribution < 1.29 is 4.79 Å². The highest BCUT2D eigenvalue weighted by molar-refractivity contribution is 5.85. The molecule has 0 aromatic heterocycles. The van der Waals surface area contributed by atoms with Gasteiger partial charge in [0, 0.05) is 6.54 Å². The van der Waals surface area contributed by atoms with Crippen molar-refractivity contribution in [3.05, 3.63) is 0 Å². The summed E-state index contributed by atoms with van der Waals surface area (Å²) in [7, 11) is 0. The summed E-state index contributed by atoms with van der Waals surface area (Å²) < 4.78 is 0. The number of rotatable bonds is 9. The first kappa shape index (κ1) is 15.4. The summed E-state index contributed by atoms with van der Waals surface area (Å²) in [4.78, 5) is 12.5. The summed E-state index contributed by atoms with van der Waals surface area (Å²) >= 11 is 0. The van der Waals surface area contributed by atoms with Crippen LogP contribution in [0.15, 0.2) is 0 Å². The molecule has 0 saturated heterocycles. The Kier molecular flexibility index (Phi) is 5.07. The second kappa shape index (κ2) is 6.61. The van der Waals surface area contributed by atoms with Crippen LogP contribution in [0.4, 0.5) is 0 Å². The standard InChI is InChI=1S/C17H28N2O/c1-3-9-17(12-18,10-4-2)16(20)19-11-15(13-5-6-13)14-7-8-14/h13-15H,3-11H2,1-2H3,(H,19,20). The molecule has 2 saturated carbocycles. The van der Waals surface area contributed by atoms with Crippen LogP contribution in [0, 0.1) is 34.5 Å². The fourth-order valence-electron chi connectivity index (χ4n) is 3.51. The summed E-state index contributed by atoms with van der Waals surface area (Å²) in [6, 6.07) is 2.32. The number of nitrogens with zero attached hydrogens (tertiary/aromatic N) is 1. The molecule has 2 rings (SSSR count). The van der Waals surface area contributed by atoms with E-state index in [0.29, 0.717) is 18.8 Å². The SMILES string of the molecule is CCCC(C#N)(CCC)C(=O)NCC(C1CC1)C1CC1. The maximum Gasteiger partial charge on any atom is 0.240 e. The molecule has 0 heterocycles. The third kappa shape index (κ3) is 3.53. The molecule has 2 aliphatic carbocycles. The molecule has 0 aromatic carbocycles. The first-order valence-corrected chi connectivity index (χ1v) is 8.36. The summed E-state index contributed by atoms with van der Waals surface area (Å²) in [5.74, 6) is 2.35. The van der Waals surface area contributed by atoms with Gasteiger partial charge in [0.15, 0.2) is 0 Å². The molecule has 0 unspecified atom stereocenters. The van der Waals surface area contributed by atoms with E-state index < -0.39 is 5.41 Å². The van der Waals surface area contributed by atoms with E-state index in [4.69, 9.17) is 0 Å². The zero-order valence-electron chi connectivity index (χ0n) is 13.0. The van der Waals surface area contributed by atoms with E-state index in [1.165, 1.54) is 25.7 Å². The number of hydrogen-bond acceptors (Lipinski definition) is 2. The highest BCUT2D eigenvalue weighted by Gasteiger charge is 2.43. The lowest BCUT2D eigenvalue weighted by molar-refractivity contribution is -0.129. The minimum atomic E-state index is -0.791. The molecule has 0 aromatic rings. The highest BCUT2D eigenvalue weighted by atomic mass is 16.2. The molecule has 112 valence electrons. The van der Waals surface area contributed by atoms with Crippen molar-refractivity contribution in [3.8, 4) is 6.07 Å². The van der Waals surface area contributed by atoms with E-state index in [-0.39, 0.29) is 5.91 Å². The van der Waals surface area contributed by atoms with E-state index in [1.807, 2.05) is 13.8 Å². The van der Waals surface area contributed by atoms with Gasteiger partial charge >= 0.3 is 0 Å². The van der Waals surface area contributed by atoms with E-state index >= 15 is 0 Å². The van der Waals surface area contributed by atoms with Gasteiger partial charge in [0.25, 0.3) is 0 Å². The molecule has 0 spiro atoms. The topological polar surface area (TPSA) is 52.9 Å². The van der Waals surface area contributed by atoms with Crippen LogP contribution in [-0.2, 0) is 4.79 Å². The molecule has 20 heavy (non-hydrogen) atoms. The van der Waals surface area contributed by atoms with E-state index in [0.717, 1.165) is 31.2 Å². The fraction of sp³-hybridized carbons (Fsp3) is 0.882. The summed E-state index contributed by atoms with van der Waals surface area (Å²) in [5, 5.41) is 12.6. The van der Waals surface area contributed by atoms with Crippen LogP contribution in [-0.4, -0.2) is 12.5 Å². The first-order chi connectivity index (χ1) is 9.66. The molecule has 2 aliphatic rings. The molecule has 3 nitrogen and oxygen atoms in total. The Hall–Kier alpha value is -1.04. The maximum absolute atomic E-state index is 12.5. The number of carbonyl (C=O) groups is 1. The van der Waals surface area contributed by atoms with Gasteiger partial charge in [-0.3, -0.25) is 4.79 Å². The number of nitrogens with one attached hydrogen (secondary N) is 1. The number of amides is 1.